The Morgan fingerprint density at radius 3 is 1.57 bits per heavy atom. The molecular formula is C20H36O8. The van der Waals surface area contributed by atoms with Crippen molar-refractivity contribution in [3.05, 3.63) is 12.2 Å². The normalized spacial score (nSPS) is 9.86. The van der Waals surface area contributed by atoms with Crippen LogP contribution in [0.15, 0.2) is 12.2 Å². The first-order chi connectivity index (χ1) is 12.1. The van der Waals surface area contributed by atoms with Gasteiger partial charge < -0.3 is 18.9 Å². The molecule has 8 heteroatoms. The van der Waals surface area contributed by atoms with Crippen molar-refractivity contribution in [2.24, 2.45) is 5.41 Å². The summed E-state index contributed by atoms with van der Waals surface area (Å²) in [5.74, 6) is -2.12. The van der Waals surface area contributed by atoms with E-state index in [2.05, 4.69) is 6.58 Å². The van der Waals surface area contributed by atoms with Gasteiger partial charge in [-0.25, -0.2) is 4.79 Å². The van der Waals surface area contributed by atoms with Crippen molar-refractivity contribution in [2.75, 3.05) is 26.4 Å². The summed E-state index contributed by atoms with van der Waals surface area (Å²) in [5.41, 5.74) is -0.324. The lowest BCUT2D eigenvalue weighted by Gasteiger charge is -2.20. The summed E-state index contributed by atoms with van der Waals surface area (Å²) in [5, 5.41) is 0. The third-order valence-electron chi connectivity index (χ3n) is 3.48. The molecule has 0 N–H and O–H groups in total. The van der Waals surface area contributed by atoms with Crippen LogP contribution in [0.1, 0.15) is 61.8 Å². The maximum atomic E-state index is 11.7. The molecule has 0 rings (SSSR count). The lowest BCUT2D eigenvalue weighted by Crippen LogP contribution is -2.27. The van der Waals surface area contributed by atoms with Gasteiger partial charge in [-0.1, -0.05) is 28.4 Å². The summed E-state index contributed by atoms with van der Waals surface area (Å²) in [6, 6.07) is 0. The lowest BCUT2D eigenvalue weighted by molar-refractivity contribution is -0.159. The van der Waals surface area contributed by atoms with Gasteiger partial charge in [0.1, 0.15) is 26.4 Å². The second-order valence-corrected chi connectivity index (χ2v) is 6.23. The largest absolute Gasteiger partial charge is 0.462 e. The fourth-order valence-corrected chi connectivity index (χ4v) is 1.39. The number of esters is 4. The Morgan fingerprint density at radius 1 is 0.786 bits per heavy atom. The van der Waals surface area contributed by atoms with Crippen LogP contribution in [0, 0.1) is 5.41 Å². The zero-order valence-electron chi connectivity index (χ0n) is 15.9. The SMILES string of the molecule is C.C.C=C(C)C(=O)OCCOC(=O)CCC(=O)OCCOC(=O)C(C)(C)CC. The topological polar surface area (TPSA) is 105 Å². The van der Waals surface area contributed by atoms with E-state index in [-0.39, 0.29) is 65.7 Å². The molecule has 0 atom stereocenters. The smallest absolute Gasteiger partial charge is 0.333 e. The van der Waals surface area contributed by atoms with E-state index in [1.807, 2.05) is 6.92 Å². The van der Waals surface area contributed by atoms with Crippen LogP contribution in [-0.2, 0) is 38.1 Å². The van der Waals surface area contributed by atoms with Crippen molar-refractivity contribution in [1.82, 2.24) is 0 Å². The van der Waals surface area contributed by atoms with Crippen LogP contribution >= 0.6 is 0 Å². The molecule has 0 saturated heterocycles. The molecule has 0 amide bonds. The van der Waals surface area contributed by atoms with E-state index in [0.29, 0.717) is 6.42 Å². The number of ether oxygens (including phenoxy) is 4. The van der Waals surface area contributed by atoms with E-state index in [0.717, 1.165) is 0 Å². The Morgan fingerprint density at radius 2 is 1.18 bits per heavy atom. The quantitative estimate of drug-likeness (QED) is 0.211. The molecule has 0 aromatic rings. The fourth-order valence-electron chi connectivity index (χ4n) is 1.39. The van der Waals surface area contributed by atoms with Crippen LogP contribution in [0.3, 0.4) is 0 Å². The Bertz CT molecular complexity index is 522. The molecule has 8 nitrogen and oxygen atoms in total. The molecule has 0 aliphatic rings. The minimum absolute atomic E-state index is 0. The average Bonchev–Trinajstić information content (AvgIpc) is 2.59. The second kappa shape index (κ2) is 15.7. The molecule has 0 bridgehead atoms. The first-order valence-electron chi connectivity index (χ1n) is 8.41. The summed E-state index contributed by atoms with van der Waals surface area (Å²) in [6.07, 6.45) is 0.328. The first kappa shape index (κ1) is 30.4. The van der Waals surface area contributed by atoms with E-state index in [1.54, 1.807) is 13.8 Å². The van der Waals surface area contributed by atoms with Crippen molar-refractivity contribution >= 4 is 23.9 Å². The number of hydrogen-bond donors (Lipinski definition) is 0. The van der Waals surface area contributed by atoms with Crippen LogP contribution in [-0.4, -0.2) is 50.3 Å². The predicted octanol–water partition coefficient (Wildman–Crippen LogP) is 3.22. The summed E-state index contributed by atoms with van der Waals surface area (Å²) in [6.45, 7) is 10.0. The Hall–Kier alpha value is -2.38. The van der Waals surface area contributed by atoms with Crippen molar-refractivity contribution in [1.29, 1.82) is 0 Å². The number of rotatable bonds is 12. The van der Waals surface area contributed by atoms with E-state index in [4.69, 9.17) is 18.9 Å². The second-order valence-electron chi connectivity index (χ2n) is 6.23. The van der Waals surface area contributed by atoms with Gasteiger partial charge in [0.2, 0.25) is 0 Å². The van der Waals surface area contributed by atoms with Gasteiger partial charge in [0.15, 0.2) is 0 Å². The summed E-state index contributed by atoms with van der Waals surface area (Å²) >= 11 is 0. The third-order valence-corrected chi connectivity index (χ3v) is 3.48. The molecule has 0 unspecified atom stereocenters. The van der Waals surface area contributed by atoms with Gasteiger partial charge in [0, 0.05) is 5.57 Å². The average molecular weight is 405 g/mol. The highest BCUT2D eigenvalue weighted by Crippen LogP contribution is 2.21. The molecule has 0 aliphatic carbocycles. The molecule has 28 heavy (non-hydrogen) atoms. The number of carbonyl (C=O) groups is 4. The molecule has 0 saturated carbocycles. The van der Waals surface area contributed by atoms with Crippen LogP contribution in [0.4, 0.5) is 0 Å². The molecule has 0 aromatic heterocycles. The monoisotopic (exact) mass is 404 g/mol. The van der Waals surface area contributed by atoms with E-state index >= 15 is 0 Å². The van der Waals surface area contributed by atoms with Crippen LogP contribution in [0.2, 0.25) is 0 Å². The molecule has 0 fully saturated rings. The van der Waals surface area contributed by atoms with Gasteiger partial charge in [0.05, 0.1) is 18.3 Å². The Labute approximate surface area is 168 Å². The highest BCUT2D eigenvalue weighted by molar-refractivity contribution is 5.86. The van der Waals surface area contributed by atoms with Crippen molar-refractivity contribution in [2.45, 2.75) is 61.8 Å². The summed E-state index contributed by atoms with van der Waals surface area (Å²) in [4.78, 5) is 45.7. The molecule has 0 heterocycles. The van der Waals surface area contributed by atoms with Gasteiger partial charge in [0.25, 0.3) is 0 Å². The van der Waals surface area contributed by atoms with Gasteiger partial charge in [-0.15, -0.1) is 0 Å². The Balaban J connectivity index is -0.00000312. The fraction of sp³-hybridized carbons (Fsp3) is 0.700. The summed E-state index contributed by atoms with van der Waals surface area (Å²) in [7, 11) is 0. The van der Waals surface area contributed by atoms with E-state index in [9.17, 15) is 19.2 Å². The molecule has 0 aliphatic heterocycles. The molecule has 0 spiro atoms. The van der Waals surface area contributed by atoms with Crippen LogP contribution in [0.25, 0.3) is 0 Å². The van der Waals surface area contributed by atoms with Crippen molar-refractivity contribution in [3.63, 3.8) is 0 Å². The molecule has 0 radical (unpaired) electrons. The third kappa shape index (κ3) is 13.8. The maximum Gasteiger partial charge on any atom is 0.333 e. The summed E-state index contributed by atoms with van der Waals surface area (Å²) < 4.78 is 19.4. The highest BCUT2D eigenvalue weighted by Gasteiger charge is 2.26. The molecule has 0 aromatic carbocycles. The maximum absolute atomic E-state index is 11.7. The zero-order chi connectivity index (χ0) is 20.2. The van der Waals surface area contributed by atoms with Crippen molar-refractivity contribution < 1.29 is 38.1 Å². The van der Waals surface area contributed by atoms with Crippen LogP contribution < -0.4 is 0 Å². The Kier molecular flexibility index (Phi) is 17.0. The first-order valence-corrected chi connectivity index (χ1v) is 8.41. The van der Waals surface area contributed by atoms with E-state index in [1.165, 1.54) is 6.92 Å². The lowest BCUT2D eigenvalue weighted by atomic mass is 9.91. The van der Waals surface area contributed by atoms with E-state index < -0.39 is 23.3 Å². The molecular weight excluding hydrogens is 368 g/mol. The number of hydrogen-bond acceptors (Lipinski definition) is 8. The zero-order valence-corrected chi connectivity index (χ0v) is 15.9. The standard InChI is InChI=1S/C18H28O8.2CH4/c1-6-18(4,5)17(22)26-12-10-24-15(20)8-7-14(19)23-9-11-25-16(21)13(2)3;;/h2,6-12H2,1,3-5H3;2*1H4. The van der Waals surface area contributed by atoms with Gasteiger partial charge >= 0.3 is 23.9 Å². The molecule has 164 valence electrons. The minimum Gasteiger partial charge on any atom is -0.462 e. The van der Waals surface area contributed by atoms with Crippen molar-refractivity contribution in [3.8, 4) is 0 Å². The van der Waals surface area contributed by atoms with Gasteiger partial charge in [-0.2, -0.15) is 0 Å². The van der Waals surface area contributed by atoms with Crippen LogP contribution in [0.5, 0.6) is 0 Å². The van der Waals surface area contributed by atoms with Gasteiger partial charge in [-0.3, -0.25) is 14.4 Å². The number of carbonyl (C=O) groups excluding carboxylic acids is 4. The minimum atomic E-state index is -0.607. The predicted molar refractivity (Wildman–Crippen MR) is 105 cm³/mol. The van der Waals surface area contributed by atoms with Gasteiger partial charge in [-0.05, 0) is 27.2 Å². The highest BCUT2D eigenvalue weighted by atomic mass is 16.6.